The fourth-order valence-corrected chi connectivity index (χ4v) is 3.42. The van der Waals surface area contributed by atoms with Crippen molar-refractivity contribution in [1.82, 2.24) is 14.5 Å². The summed E-state index contributed by atoms with van der Waals surface area (Å²) in [7, 11) is 0. The van der Waals surface area contributed by atoms with Crippen molar-refractivity contribution in [3.63, 3.8) is 0 Å². The minimum Gasteiger partial charge on any atom is -0.375 e. The Morgan fingerprint density at radius 3 is 3.11 bits per heavy atom. The largest absolute Gasteiger partial charge is 0.375 e. The molecule has 0 bridgehead atoms. The molecule has 1 aliphatic rings. The normalized spacial score (nSPS) is 22.8. The summed E-state index contributed by atoms with van der Waals surface area (Å²) in [5, 5.41) is 0. The molecule has 2 aromatic rings. The van der Waals surface area contributed by atoms with E-state index >= 15 is 0 Å². The maximum Gasteiger partial charge on any atom is 0.179 e. The molecule has 1 saturated heterocycles. The van der Waals surface area contributed by atoms with Crippen LogP contribution in [0.3, 0.4) is 0 Å². The maximum absolute atomic E-state index is 5.78. The number of fused-ring (bicyclic) bond motifs is 1. The van der Waals surface area contributed by atoms with Crippen LogP contribution in [-0.2, 0) is 4.74 Å². The number of rotatable bonds is 1. The van der Waals surface area contributed by atoms with Gasteiger partial charge in [0.15, 0.2) is 10.4 Å². The molecule has 0 amide bonds. The summed E-state index contributed by atoms with van der Waals surface area (Å²) in [5.74, 6) is 0. The second-order valence-electron chi connectivity index (χ2n) is 5.58. The van der Waals surface area contributed by atoms with Crippen LogP contribution in [0.5, 0.6) is 0 Å². The smallest absolute Gasteiger partial charge is 0.179 e. The molecule has 0 aromatic carbocycles. The number of pyridine rings is 1. The van der Waals surface area contributed by atoms with Crippen LogP contribution >= 0.6 is 28.1 Å². The van der Waals surface area contributed by atoms with E-state index in [1.165, 1.54) is 0 Å². The quantitative estimate of drug-likeness (QED) is 0.797. The van der Waals surface area contributed by atoms with Crippen LogP contribution in [0, 0.1) is 4.77 Å². The van der Waals surface area contributed by atoms with Crippen LogP contribution in [0.2, 0.25) is 0 Å². The minimum absolute atomic E-state index is 0.101. The Morgan fingerprint density at radius 1 is 1.58 bits per heavy atom. The minimum atomic E-state index is -0.101. The van der Waals surface area contributed by atoms with Gasteiger partial charge < -0.3 is 9.72 Å². The van der Waals surface area contributed by atoms with Crippen molar-refractivity contribution in [1.29, 1.82) is 0 Å². The number of hydrogen-bond donors (Lipinski definition) is 1. The number of H-pyrrole nitrogens is 1. The van der Waals surface area contributed by atoms with E-state index in [4.69, 9.17) is 17.0 Å². The highest BCUT2D eigenvalue weighted by Gasteiger charge is 2.31. The molecule has 3 heterocycles. The lowest BCUT2D eigenvalue weighted by molar-refractivity contribution is -0.0687. The van der Waals surface area contributed by atoms with E-state index in [1.807, 2.05) is 12.3 Å². The number of ether oxygens (including phenoxy) is 1. The predicted molar refractivity (Wildman–Crippen MR) is 80.9 cm³/mol. The average Bonchev–Trinajstić information content (AvgIpc) is 2.62. The molecular formula is C13H16BrN3OS. The highest BCUT2D eigenvalue weighted by molar-refractivity contribution is 9.10. The Morgan fingerprint density at radius 2 is 2.37 bits per heavy atom. The number of nitrogens with zero attached hydrogens (tertiary/aromatic N) is 2. The molecule has 2 aromatic heterocycles. The number of hydrogen-bond acceptors (Lipinski definition) is 3. The number of aromatic amines is 1. The second-order valence-corrected chi connectivity index (χ2v) is 6.88. The summed E-state index contributed by atoms with van der Waals surface area (Å²) in [5.41, 5.74) is 1.80. The first kappa shape index (κ1) is 13.3. The van der Waals surface area contributed by atoms with Crippen molar-refractivity contribution in [3.05, 3.63) is 21.5 Å². The monoisotopic (exact) mass is 341 g/mol. The van der Waals surface area contributed by atoms with Gasteiger partial charge in [-0.15, -0.1) is 0 Å². The van der Waals surface area contributed by atoms with Crippen LogP contribution in [0.1, 0.15) is 32.7 Å². The Hall–Kier alpha value is -0.720. The second kappa shape index (κ2) is 4.68. The standard InChI is InChI=1S/C13H16BrN3OS/c1-13(2)6-9(3-4-18-13)17-11-10(16-12(17)19)5-8(14)7-15-11/h5,7,9H,3-4,6H2,1-2H3,(H,16,19). The van der Waals surface area contributed by atoms with E-state index in [2.05, 4.69) is 44.3 Å². The Kier molecular flexibility index (Phi) is 3.27. The van der Waals surface area contributed by atoms with Crippen molar-refractivity contribution in [2.75, 3.05) is 6.61 Å². The lowest BCUT2D eigenvalue weighted by Gasteiger charge is -2.36. The molecule has 3 rings (SSSR count). The first-order valence-electron chi connectivity index (χ1n) is 6.36. The van der Waals surface area contributed by atoms with Crippen LogP contribution in [0.4, 0.5) is 0 Å². The van der Waals surface area contributed by atoms with Crippen molar-refractivity contribution in [2.24, 2.45) is 0 Å². The number of imidazole rings is 1. The van der Waals surface area contributed by atoms with Crippen molar-refractivity contribution < 1.29 is 4.74 Å². The zero-order valence-electron chi connectivity index (χ0n) is 10.9. The molecule has 0 spiro atoms. The molecule has 102 valence electrons. The fourth-order valence-electron chi connectivity index (χ4n) is 2.75. The Bertz CT molecular complexity index is 676. The zero-order chi connectivity index (χ0) is 13.6. The van der Waals surface area contributed by atoms with Gasteiger partial charge in [0.25, 0.3) is 0 Å². The van der Waals surface area contributed by atoms with E-state index in [0.29, 0.717) is 6.04 Å². The van der Waals surface area contributed by atoms with Gasteiger partial charge in [-0.25, -0.2) is 4.98 Å². The van der Waals surface area contributed by atoms with Crippen molar-refractivity contribution >= 4 is 39.3 Å². The van der Waals surface area contributed by atoms with Gasteiger partial charge in [0, 0.05) is 23.3 Å². The van der Waals surface area contributed by atoms with E-state index < -0.39 is 0 Å². The van der Waals surface area contributed by atoms with Crippen LogP contribution in [-0.4, -0.2) is 26.7 Å². The SMILES string of the molecule is CC1(C)CC(n2c(=S)[nH]c3cc(Br)cnc32)CCO1. The predicted octanol–water partition coefficient (Wildman–Crippen LogP) is 3.99. The fraction of sp³-hybridized carbons (Fsp3) is 0.538. The maximum atomic E-state index is 5.78. The summed E-state index contributed by atoms with van der Waals surface area (Å²) >= 11 is 8.90. The third-order valence-electron chi connectivity index (χ3n) is 3.56. The topological polar surface area (TPSA) is 42.8 Å². The van der Waals surface area contributed by atoms with Crippen molar-refractivity contribution in [3.8, 4) is 0 Å². The molecule has 19 heavy (non-hydrogen) atoms. The third-order valence-corrected chi connectivity index (χ3v) is 4.29. The summed E-state index contributed by atoms with van der Waals surface area (Å²) < 4.78 is 9.61. The highest BCUT2D eigenvalue weighted by Crippen LogP contribution is 2.34. The molecule has 1 N–H and O–H groups in total. The van der Waals surface area contributed by atoms with E-state index in [0.717, 1.165) is 39.9 Å². The summed E-state index contributed by atoms with van der Waals surface area (Å²) in [4.78, 5) is 7.74. The number of halogens is 1. The summed E-state index contributed by atoms with van der Waals surface area (Å²) in [6.07, 6.45) is 3.74. The first-order chi connectivity index (χ1) is 8.96. The van der Waals surface area contributed by atoms with Crippen LogP contribution in [0.15, 0.2) is 16.7 Å². The lowest BCUT2D eigenvalue weighted by Crippen LogP contribution is -2.35. The van der Waals surface area contributed by atoms with Crippen molar-refractivity contribution in [2.45, 2.75) is 38.3 Å². The molecule has 6 heteroatoms. The highest BCUT2D eigenvalue weighted by atomic mass is 79.9. The van der Waals surface area contributed by atoms with Crippen LogP contribution in [0.25, 0.3) is 11.2 Å². The Labute approximate surface area is 125 Å². The zero-order valence-corrected chi connectivity index (χ0v) is 13.3. The van der Waals surface area contributed by atoms with E-state index in [9.17, 15) is 0 Å². The van der Waals surface area contributed by atoms with Gasteiger partial charge in [-0.3, -0.25) is 4.57 Å². The van der Waals surface area contributed by atoms with Gasteiger partial charge in [-0.1, -0.05) is 0 Å². The summed E-state index contributed by atoms with van der Waals surface area (Å²) in [6.45, 7) is 5.02. The van der Waals surface area contributed by atoms with Gasteiger partial charge in [0.05, 0.1) is 11.1 Å². The lowest BCUT2D eigenvalue weighted by atomic mass is 9.94. The van der Waals surface area contributed by atoms with Crippen LogP contribution < -0.4 is 0 Å². The van der Waals surface area contributed by atoms with Gasteiger partial charge in [-0.2, -0.15) is 0 Å². The molecule has 1 fully saturated rings. The Balaban J connectivity index is 2.09. The molecular weight excluding hydrogens is 326 g/mol. The third kappa shape index (κ3) is 2.49. The molecule has 4 nitrogen and oxygen atoms in total. The van der Waals surface area contributed by atoms with E-state index in [1.54, 1.807) is 0 Å². The van der Waals surface area contributed by atoms with Gasteiger partial charge in [0.2, 0.25) is 0 Å². The molecule has 0 radical (unpaired) electrons. The van der Waals surface area contributed by atoms with Gasteiger partial charge in [-0.05, 0) is 60.9 Å². The molecule has 0 saturated carbocycles. The van der Waals surface area contributed by atoms with E-state index in [-0.39, 0.29) is 5.60 Å². The molecule has 1 atom stereocenters. The molecule has 1 unspecified atom stereocenters. The molecule has 0 aliphatic carbocycles. The number of nitrogens with one attached hydrogen (secondary N) is 1. The first-order valence-corrected chi connectivity index (χ1v) is 7.56. The number of aromatic nitrogens is 3. The van der Waals surface area contributed by atoms with Gasteiger partial charge >= 0.3 is 0 Å². The molecule has 1 aliphatic heterocycles. The average molecular weight is 342 g/mol. The summed E-state index contributed by atoms with van der Waals surface area (Å²) in [6, 6.07) is 2.36. The van der Waals surface area contributed by atoms with Gasteiger partial charge in [0.1, 0.15) is 0 Å².